The van der Waals surface area contributed by atoms with E-state index in [1.54, 1.807) is 0 Å². The van der Waals surface area contributed by atoms with Crippen molar-refractivity contribution in [3.63, 3.8) is 0 Å². The van der Waals surface area contributed by atoms with E-state index < -0.39 is 0 Å². The molecular formula is C10H10BrClO. The molecule has 0 saturated heterocycles. The van der Waals surface area contributed by atoms with Gasteiger partial charge in [-0.15, -0.1) is 0 Å². The lowest BCUT2D eigenvalue weighted by molar-refractivity contribution is -0.112. The van der Waals surface area contributed by atoms with Crippen molar-refractivity contribution >= 4 is 32.8 Å². The van der Waals surface area contributed by atoms with E-state index in [2.05, 4.69) is 15.9 Å². The summed E-state index contributed by atoms with van der Waals surface area (Å²) in [7, 11) is 0. The molecule has 13 heavy (non-hydrogen) atoms. The molecule has 70 valence electrons. The first-order valence-corrected chi connectivity index (χ1v) is 5.50. The van der Waals surface area contributed by atoms with Crippen molar-refractivity contribution in [3.05, 3.63) is 35.4 Å². The molecule has 0 aliphatic heterocycles. The van der Waals surface area contributed by atoms with Gasteiger partial charge in [-0.2, -0.15) is 0 Å². The third-order valence-electron chi connectivity index (χ3n) is 2.01. The van der Waals surface area contributed by atoms with Crippen molar-refractivity contribution in [2.24, 2.45) is 0 Å². The van der Waals surface area contributed by atoms with Crippen LogP contribution < -0.4 is 0 Å². The van der Waals surface area contributed by atoms with E-state index in [0.717, 1.165) is 16.5 Å². The SMILES string of the molecule is C[C@H](C(=O)Cl)c1ccccc1CBr. The van der Waals surface area contributed by atoms with Crippen LogP contribution in [0.15, 0.2) is 24.3 Å². The van der Waals surface area contributed by atoms with Crippen LogP contribution in [0.25, 0.3) is 0 Å². The number of carbonyl (C=O) groups excluding carboxylic acids is 1. The number of halogens is 2. The highest BCUT2D eigenvalue weighted by molar-refractivity contribution is 9.08. The molecule has 1 rings (SSSR count). The van der Waals surface area contributed by atoms with Crippen LogP contribution in [0.4, 0.5) is 0 Å². The lowest BCUT2D eigenvalue weighted by Gasteiger charge is -2.10. The number of alkyl halides is 1. The summed E-state index contributed by atoms with van der Waals surface area (Å²) in [4.78, 5) is 11.0. The van der Waals surface area contributed by atoms with Gasteiger partial charge in [0.15, 0.2) is 0 Å². The summed E-state index contributed by atoms with van der Waals surface area (Å²) >= 11 is 8.81. The van der Waals surface area contributed by atoms with E-state index in [0.29, 0.717) is 0 Å². The topological polar surface area (TPSA) is 17.1 Å². The fourth-order valence-corrected chi connectivity index (χ4v) is 1.83. The molecule has 1 aromatic carbocycles. The molecule has 0 heterocycles. The van der Waals surface area contributed by atoms with Gasteiger partial charge in [0, 0.05) is 5.33 Å². The Balaban J connectivity index is 3.05. The maximum Gasteiger partial charge on any atom is 0.228 e. The van der Waals surface area contributed by atoms with E-state index in [1.165, 1.54) is 0 Å². The predicted octanol–water partition coefficient (Wildman–Crippen LogP) is 3.45. The fraction of sp³-hybridized carbons (Fsp3) is 0.300. The van der Waals surface area contributed by atoms with Crippen molar-refractivity contribution in [2.45, 2.75) is 18.2 Å². The third-order valence-corrected chi connectivity index (χ3v) is 2.94. The van der Waals surface area contributed by atoms with Gasteiger partial charge in [-0.1, -0.05) is 47.1 Å². The summed E-state index contributed by atoms with van der Waals surface area (Å²) in [6, 6.07) is 7.78. The van der Waals surface area contributed by atoms with Gasteiger partial charge in [0.1, 0.15) is 0 Å². The standard InChI is InChI=1S/C10H10BrClO/c1-7(10(12)13)9-5-3-2-4-8(9)6-11/h2-5,7H,6H2,1H3/t7-/m0/s1. The minimum atomic E-state index is -0.312. The molecule has 1 atom stereocenters. The molecule has 0 N–H and O–H groups in total. The Bertz CT molecular complexity index is 312. The molecule has 1 nitrogen and oxygen atoms in total. The number of carbonyl (C=O) groups is 1. The van der Waals surface area contributed by atoms with E-state index in [-0.39, 0.29) is 11.2 Å². The second-order valence-corrected chi connectivity index (χ2v) is 3.79. The maximum absolute atomic E-state index is 11.0. The Morgan fingerprint density at radius 1 is 1.54 bits per heavy atom. The summed E-state index contributed by atoms with van der Waals surface area (Å²) in [6.07, 6.45) is 0. The Morgan fingerprint density at radius 3 is 2.69 bits per heavy atom. The van der Waals surface area contributed by atoms with Gasteiger partial charge in [-0.3, -0.25) is 4.79 Å². The van der Waals surface area contributed by atoms with Crippen LogP contribution in [0.2, 0.25) is 0 Å². The largest absolute Gasteiger partial charge is 0.281 e. The van der Waals surface area contributed by atoms with E-state index in [1.807, 2.05) is 31.2 Å². The van der Waals surface area contributed by atoms with Gasteiger partial charge in [0.05, 0.1) is 5.92 Å². The predicted molar refractivity (Wildman–Crippen MR) is 58.3 cm³/mol. The third kappa shape index (κ3) is 2.55. The van der Waals surface area contributed by atoms with Crippen molar-refractivity contribution in [2.75, 3.05) is 0 Å². The normalized spacial score (nSPS) is 12.5. The van der Waals surface area contributed by atoms with Crippen molar-refractivity contribution in [3.8, 4) is 0 Å². The molecule has 1 aromatic rings. The van der Waals surface area contributed by atoms with Crippen LogP contribution in [-0.2, 0) is 10.1 Å². The fourth-order valence-electron chi connectivity index (χ4n) is 1.20. The van der Waals surface area contributed by atoms with Gasteiger partial charge in [0.2, 0.25) is 5.24 Å². The lowest BCUT2D eigenvalue weighted by Crippen LogP contribution is -2.04. The molecule has 0 unspecified atom stereocenters. The van der Waals surface area contributed by atoms with Crippen LogP contribution in [0.5, 0.6) is 0 Å². The summed E-state index contributed by atoms with van der Waals surface area (Å²) < 4.78 is 0. The highest BCUT2D eigenvalue weighted by Gasteiger charge is 2.14. The van der Waals surface area contributed by atoms with Gasteiger partial charge in [0.25, 0.3) is 0 Å². The zero-order valence-electron chi connectivity index (χ0n) is 7.26. The second kappa shape index (κ2) is 4.77. The number of benzene rings is 1. The van der Waals surface area contributed by atoms with Gasteiger partial charge in [-0.05, 0) is 22.7 Å². The molecule has 0 amide bonds. The Kier molecular flexibility index (Phi) is 3.94. The minimum Gasteiger partial charge on any atom is -0.281 e. The Morgan fingerprint density at radius 2 is 2.15 bits per heavy atom. The number of rotatable bonds is 3. The average molecular weight is 262 g/mol. The first-order valence-electron chi connectivity index (χ1n) is 4.00. The molecule has 0 aromatic heterocycles. The molecule has 0 bridgehead atoms. The summed E-state index contributed by atoms with van der Waals surface area (Å²) in [5, 5.41) is 0.436. The second-order valence-electron chi connectivity index (χ2n) is 2.86. The first-order chi connectivity index (χ1) is 6.16. The first kappa shape index (κ1) is 10.7. The highest BCUT2D eigenvalue weighted by Crippen LogP contribution is 2.23. The lowest BCUT2D eigenvalue weighted by atomic mass is 9.98. The minimum absolute atomic E-state index is 0.226. The quantitative estimate of drug-likeness (QED) is 0.602. The monoisotopic (exact) mass is 260 g/mol. The zero-order chi connectivity index (χ0) is 9.84. The van der Waals surface area contributed by atoms with Gasteiger partial charge < -0.3 is 0 Å². The van der Waals surface area contributed by atoms with Gasteiger partial charge in [-0.25, -0.2) is 0 Å². The van der Waals surface area contributed by atoms with Crippen LogP contribution in [0.1, 0.15) is 24.0 Å². The number of hydrogen-bond acceptors (Lipinski definition) is 1. The van der Waals surface area contributed by atoms with Crippen molar-refractivity contribution < 1.29 is 4.79 Å². The zero-order valence-corrected chi connectivity index (χ0v) is 9.60. The van der Waals surface area contributed by atoms with Crippen molar-refractivity contribution in [1.29, 1.82) is 0 Å². The molecule has 0 radical (unpaired) electrons. The number of hydrogen-bond donors (Lipinski definition) is 0. The molecule has 3 heteroatoms. The molecule has 0 aliphatic carbocycles. The van der Waals surface area contributed by atoms with Crippen molar-refractivity contribution in [1.82, 2.24) is 0 Å². The molecule has 0 saturated carbocycles. The maximum atomic E-state index is 11.0. The molecule has 0 aliphatic rings. The van der Waals surface area contributed by atoms with Crippen LogP contribution in [0, 0.1) is 0 Å². The van der Waals surface area contributed by atoms with E-state index >= 15 is 0 Å². The molecule has 0 fully saturated rings. The molecule has 0 spiro atoms. The highest BCUT2D eigenvalue weighted by atomic mass is 79.9. The summed E-state index contributed by atoms with van der Waals surface area (Å²) in [5.74, 6) is -0.226. The van der Waals surface area contributed by atoms with Crippen LogP contribution in [-0.4, -0.2) is 5.24 Å². The summed E-state index contributed by atoms with van der Waals surface area (Å²) in [5.41, 5.74) is 2.11. The average Bonchev–Trinajstić information content (AvgIpc) is 2.16. The van der Waals surface area contributed by atoms with Crippen LogP contribution in [0.3, 0.4) is 0 Å². The van der Waals surface area contributed by atoms with Crippen LogP contribution >= 0.6 is 27.5 Å². The Labute approximate surface area is 91.2 Å². The molecular weight excluding hydrogens is 251 g/mol. The summed E-state index contributed by atoms with van der Waals surface area (Å²) in [6.45, 7) is 1.82. The Hall–Kier alpha value is -0.340. The smallest absolute Gasteiger partial charge is 0.228 e. The van der Waals surface area contributed by atoms with E-state index in [9.17, 15) is 4.79 Å². The van der Waals surface area contributed by atoms with Gasteiger partial charge >= 0.3 is 0 Å². The van der Waals surface area contributed by atoms with E-state index in [4.69, 9.17) is 11.6 Å².